The largest absolute Gasteiger partial charge is 0.476 e. The Morgan fingerprint density at radius 3 is 2.85 bits per heavy atom. The lowest BCUT2D eigenvalue weighted by Crippen LogP contribution is -2.52. The third kappa shape index (κ3) is 3.38. The van der Waals surface area contributed by atoms with E-state index < -0.39 is 11.5 Å². The number of aromatic carboxylic acids is 1. The van der Waals surface area contributed by atoms with Gasteiger partial charge in [-0.3, -0.25) is 4.90 Å². The van der Waals surface area contributed by atoms with Crippen LogP contribution >= 0.6 is 11.6 Å². The van der Waals surface area contributed by atoms with E-state index in [1.807, 2.05) is 16.7 Å². The topological polar surface area (TPSA) is 113 Å². The van der Waals surface area contributed by atoms with E-state index >= 15 is 0 Å². The normalized spacial score (nSPS) is 19.7. The zero-order valence-corrected chi connectivity index (χ0v) is 18.7. The van der Waals surface area contributed by atoms with Gasteiger partial charge in [0.05, 0.1) is 29.3 Å². The highest BCUT2D eigenvalue weighted by Crippen LogP contribution is 2.49. The molecule has 4 heterocycles. The molecular weight excluding hydrogens is 446 g/mol. The number of urea groups is 1. The number of carbonyl (C=O) groups excluding carboxylic acids is 1. The molecule has 2 aliphatic heterocycles. The molecule has 3 aliphatic rings. The number of nitrogens with one attached hydrogen (secondary N) is 2. The van der Waals surface area contributed by atoms with Gasteiger partial charge in [0.1, 0.15) is 17.2 Å². The Morgan fingerprint density at radius 1 is 1.24 bits per heavy atom. The monoisotopic (exact) mass is 469 g/mol. The first-order chi connectivity index (χ1) is 15.9. The molecule has 6 rings (SSSR count). The molecule has 0 saturated heterocycles. The van der Waals surface area contributed by atoms with Gasteiger partial charge in [0.25, 0.3) is 0 Å². The van der Waals surface area contributed by atoms with Crippen LogP contribution in [0, 0.1) is 0 Å². The number of hydrogen-bond acceptors (Lipinski definition) is 5. The summed E-state index contributed by atoms with van der Waals surface area (Å²) in [6.07, 6.45) is 6.55. The van der Waals surface area contributed by atoms with Crippen LogP contribution in [0.15, 0.2) is 22.7 Å². The molecule has 2 aromatic heterocycles. The molecule has 0 bridgehead atoms. The lowest BCUT2D eigenvalue weighted by molar-refractivity contribution is 0.0690. The summed E-state index contributed by atoms with van der Waals surface area (Å²) in [5.74, 6) is 0.527. The van der Waals surface area contributed by atoms with Crippen molar-refractivity contribution in [3.63, 3.8) is 0 Å². The lowest BCUT2D eigenvalue weighted by Gasteiger charge is -2.42. The van der Waals surface area contributed by atoms with Crippen molar-refractivity contribution in [2.24, 2.45) is 0 Å². The number of anilines is 1. The first kappa shape index (κ1) is 20.6. The molecule has 3 aromatic rings. The van der Waals surface area contributed by atoms with Crippen LogP contribution in [-0.2, 0) is 25.2 Å². The number of halogens is 1. The first-order valence-corrected chi connectivity index (χ1v) is 11.7. The van der Waals surface area contributed by atoms with Gasteiger partial charge in [-0.25, -0.2) is 14.6 Å². The van der Waals surface area contributed by atoms with E-state index in [9.17, 15) is 14.7 Å². The Morgan fingerprint density at radius 2 is 2.06 bits per heavy atom. The van der Waals surface area contributed by atoms with Crippen LogP contribution in [0.2, 0.25) is 5.02 Å². The minimum atomic E-state index is -1.01. The van der Waals surface area contributed by atoms with Gasteiger partial charge in [0, 0.05) is 30.2 Å². The fourth-order valence-electron chi connectivity index (χ4n) is 5.57. The number of imidazole rings is 1. The molecule has 1 saturated carbocycles. The molecule has 3 N–H and O–H groups in total. The van der Waals surface area contributed by atoms with Gasteiger partial charge >= 0.3 is 12.0 Å². The summed E-state index contributed by atoms with van der Waals surface area (Å²) in [6.45, 7) is 2.56. The predicted octanol–water partition coefficient (Wildman–Crippen LogP) is 4.29. The highest BCUT2D eigenvalue weighted by molar-refractivity contribution is 6.35. The number of aromatic nitrogens is 2. The van der Waals surface area contributed by atoms with E-state index in [4.69, 9.17) is 16.0 Å². The van der Waals surface area contributed by atoms with Gasteiger partial charge in [-0.15, -0.1) is 0 Å². The Hall–Kier alpha value is -3.04. The van der Waals surface area contributed by atoms with Crippen molar-refractivity contribution in [1.82, 2.24) is 19.8 Å². The van der Waals surface area contributed by atoms with Crippen molar-refractivity contribution in [2.45, 2.75) is 57.3 Å². The van der Waals surface area contributed by atoms with Crippen molar-refractivity contribution < 1.29 is 19.1 Å². The number of nitrogens with zero attached hydrogens (tertiary/aromatic N) is 3. The van der Waals surface area contributed by atoms with Crippen LogP contribution in [0.25, 0.3) is 11.0 Å². The predicted molar refractivity (Wildman–Crippen MR) is 121 cm³/mol. The Kier molecular flexibility index (Phi) is 4.67. The number of carboxylic acid groups (broad SMARTS) is 1. The van der Waals surface area contributed by atoms with Crippen LogP contribution in [-0.4, -0.2) is 38.1 Å². The maximum Gasteiger partial charge on any atom is 0.356 e. The van der Waals surface area contributed by atoms with E-state index in [0.717, 1.165) is 66.8 Å². The molecule has 172 valence electrons. The van der Waals surface area contributed by atoms with Gasteiger partial charge in [-0.2, -0.15) is 0 Å². The maximum atomic E-state index is 12.4. The van der Waals surface area contributed by atoms with E-state index in [1.54, 1.807) is 6.20 Å². The zero-order valence-electron chi connectivity index (χ0n) is 18.0. The molecule has 0 atom stereocenters. The SMILES string of the molecule is O=C1Nc2c(Cl)cc3cc(CN4CCn5cc(C(=O)O)nc5C4)oc3c2C2(CCCCC2)N1. The van der Waals surface area contributed by atoms with Crippen LogP contribution in [0.4, 0.5) is 10.5 Å². The minimum absolute atomic E-state index is 0.0733. The number of carbonyl (C=O) groups is 2. The second-order valence-corrected chi connectivity index (χ2v) is 9.62. The van der Waals surface area contributed by atoms with Gasteiger partial charge < -0.3 is 24.7 Å². The molecule has 10 heteroatoms. The van der Waals surface area contributed by atoms with Crippen molar-refractivity contribution in [2.75, 3.05) is 11.9 Å². The fourth-order valence-corrected chi connectivity index (χ4v) is 5.83. The number of carboxylic acids is 1. The smallest absolute Gasteiger partial charge is 0.356 e. The number of rotatable bonds is 3. The highest BCUT2D eigenvalue weighted by Gasteiger charge is 2.43. The summed E-state index contributed by atoms with van der Waals surface area (Å²) in [4.78, 5) is 30.1. The summed E-state index contributed by atoms with van der Waals surface area (Å²) >= 11 is 6.62. The second-order valence-electron chi connectivity index (χ2n) is 9.21. The Balaban J connectivity index is 1.35. The second kappa shape index (κ2) is 7.50. The van der Waals surface area contributed by atoms with E-state index in [1.165, 1.54) is 0 Å². The summed E-state index contributed by atoms with van der Waals surface area (Å²) in [5.41, 5.74) is 1.99. The van der Waals surface area contributed by atoms with Crippen LogP contribution in [0.3, 0.4) is 0 Å². The van der Waals surface area contributed by atoms with Crippen molar-refractivity contribution in [3.8, 4) is 0 Å². The molecule has 0 unspecified atom stereocenters. The number of amides is 2. The van der Waals surface area contributed by atoms with Crippen molar-refractivity contribution >= 4 is 40.3 Å². The molecule has 33 heavy (non-hydrogen) atoms. The first-order valence-electron chi connectivity index (χ1n) is 11.3. The zero-order chi connectivity index (χ0) is 22.7. The summed E-state index contributed by atoms with van der Waals surface area (Å²) < 4.78 is 8.30. The molecule has 1 spiro atoms. The molecule has 2 amide bonds. The molecule has 1 fully saturated rings. The van der Waals surface area contributed by atoms with E-state index in [0.29, 0.717) is 30.3 Å². The van der Waals surface area contributed by atoms with Crippen LogP contribution < -0.4 is 10.6 Å². The third-order valence-electron chi connectivity index (χ3n) is 7.07. The molecular formula is C23H24ClN5O4. The number of fused-ring (bicyclic) bond motifs is 5. The summed E-state index contributed by atoms with van der Waals surface area (Å²) in [5, 5.41) is 16.7. The van der Waals surface area contributed by atoms with Crippen molar-refractivity contribution in [1.29, 1.82) is 0 Å². The molecule has 0 radical (unpaired) electrons. The number of furan rings is 1. The lowest BCUT2D eigenvalue weighted by atomic mass is 9.74. The summed E-state index contributed by atoms with van der Waals surface area (Å²) in [7, 11) is 0. The van der Waals surface area contributed by atoms with Crippen molar-refractivity contribution in [3.05, 3.63) is 46.2 Å². The molecule has 1 aromatic carbocycles. The number of hydrogen-bond donors (Lipinski definition) is 3. The van der Waals surface area contributed by atoms with Gasteiger partial charge in [-0.1, -0.05) is 30.9 Å². The van der Waals surface area contributed by atoms with Crippen LogP contribution in [0.5, 0.6) is 0 Å². The average Bonchev–Trinajstić information content (AvgIpc) is 3.37. The van der Waals surface area contributed by atoms with Crippen LogP contribution in [0.1, 0.15) is 59.7 Å². The van der Waals surface area contributed by atoms with Gasteiger partial charge in [-0.05, 0) is 25.0 Å². The Labute approximate surface area is 194 Å². The Bertz CT molecular complexity index is 1290. The van der Waals surface area contributed by atoms with E-state index in [2.05, 4.69) is 20.5 Å². The molecule has 9 nitrogen and oxygen atoms in total. The minimum Gasteiger partial charge on any atom is -0.476 e. The standard InChI is InChI=1S/C23H24ClN5O4/c24-15-9-13-8-14(10-28-6-7-29-11-16(21(30)31)25-17(29)12-28)33-20(13)18-19(15)26-22(32)27-23(18)4-2-1-3-5-23/h8-9,11H,1-7,10,12H2,(H,30,31)(H2,26,27,32). The molecule has 1 aliphatic carbocycles. The third-order valence-corrected chi connectivity index (χ3v) is 7.36. The average molecular weight is 470 g/mol. The summed E-state index contributed by atoms with van der Waals surface area (Å²) in [6, 6.07) is 3.65. The van der Waals surface area contributed by atoms with E-state index in [-0.39, 0.29) is 11.7 Å². The maximum absolute atomic E-state index is 12.4. The fraction of sp³-hybridized carbons (Fsp3) is 0.435. The number of benzene rings is 1. The van der Waals surface area contributed by atoms with Gasteiger partial charge in [0.2, 0.25) is 0 Å². The quantitative estimate of drug-likeness (QED) is 0.527. The van der Waals surface area contributed by atoms with Gasteiger partial charge in [0.15, 0.2) is 5.69 Å². The highest BCUT2D eigenvalue weighted by atomic mass is 35.5.